The Kier molecular flexibility index (Phi) is 7.94. The van der Waals surface area contributed by atoms with Gasteiger partial charge in [0.25, 0.3) is 0 Å². The van der Waals surface area contributed by atoms with Crippen LogP contribution in [-0.2, 0) is 19.1 Å². The van der Waals surface area contributed by atoms with E-state index in [0.29, 0.717) is 23.3 Å². The van der Waals surface area contributed by atoms with Gasteiger partial charge in [0.05, 0.1) is 17.9 Å². The van der Waals surface area contributed by atoms with Gasteiger partial charge in [-0.3, -0.25) is 19.3 Å². The van der Waals surface area contributed by atoms with Crippen molar-refractivity contribution in [2.45, 2.75) is 94.5 Å². The van der Waals surface area contributed by atoms with Crippen molar-refractivity contribution in [1.29, 1.82) is 0 Å². The molecule has 9 heteroatoms. The molecule has 8 nitrogen and oxygen atoms in total. The zero-order chi connectivity index (χ0) is 27.9. The monoisotopic (exact) mass is 568 g/mol. The average Bonchev–Trinajstić information content (AvgIpc) is 3.61. The molecule has 4 fully saturated rings. The van der Waals surface area contributed by atoms with Crippen LogP contribution in [0.2, 0.25) is 5.02 Å². The fraction of sp³-hybridized carbons (Fsp3) is 0.645. The Morgan fingerprint density at radius 1 is 1.02 bits per heavy atom. The summed E-state index contributed by atoms with van der Waals surface area (Å²) >= 11 is 6.02. The van der Waals surface area contributed by atoms with E-state index >= 15 is 0 Å². The van der Waals surface area contributed by atoms with Crippen molar-refractivity contribution in [3.8, 4) is 0 Å². The molecular weight excluding hydrogens is 528 g/mol. The highest BCUT2D eigenvalue weighted by Crippen LogP contribution is 2.55. The summed E-state index contributed by atoms with van der Waals surface area (Å²) in [5, 5.41) is 6.81. The van der Waals surface area contributed by atoms with E-state index in [9.17, 15) is 14.4 Å². The van der Waals surface area contributed by atoms with E-state index in [-0.39, 0.29) is 23.8 Å². The van der Waals surface area contributed by atoms with E-state index in [2.05, 4.69) is 22.5 Å². The lowest BCUT2D eigenvalue weighted by Crippen LogP contribution is -2.57. The molecule has 40 heavy (non-hydrogen) atoms. The second-order valence-corrected chi connectivity index (χ2v) is 12.6. The first kappa shape index (κ1) is 27.7. The number of carbonyl (C=O) groups excluding carboxylic acids is 3. The number of fused-ring (bicyclic) bond motifs is 1. The molecule has 0 aromatic heterocycles. The number of benzene rings is 1. The number of hydrogen-bond acceptors (Lipinski definition) is 5. The number of carbonyl (C=O) groups is 3. The Labute approximate surface area is 241 Å². The zero-order valence-electron chi connectivity index (χ0n) is 23.3. The third-order valence-electron chi connectivity index (χ3n) is 9.84. The molecule has 0 radical (unpaired) electrons. The smallest absolute Gasteiger partial charge is 0.246 e. The van der Waals surface area contributed by atoms with Crippen LogP contribution < -0.4 is 10.6 Å². The minimum Gasteiger partial charge on any atom is -0.359 e. The maximum Gasteiger partial charge on any atom is 0.246 e. The van der Waals surface area contributed by atoms with Crippen molar-refractivity contribution in [2.24, 2.45) is 11.8 Å². The first-order chi connectivity index (χ1) is 19.4. The SMILES string of the molecule is CC[C@@H]1CCCCN1CCN1C(=O)[C@@H]2[C@H](C(=O)Nc3ccc(Cl)cc3)[C@@H]3C=C[C@@]2(O3)[C@@H]1C(=O)NC1CCCCC1. The zero-order valence-corrected chi connectivity index (χ0v) is 24.1. The van der Waals surface area contributed by atoms with Gasteiger partial charge in [0.15, 0.2) is 0 Å². The number of rotatable bonds is 8. The van der Waals surface area contributed by atoms with E-state index in [1.54, 1.807) is 29.2 Å². The number of likely N-dealkylation sites (tertiary alicyclic amines) is 2. The number of anilines is 1. The van der Waals surface area contributed by atoms with Crippen LogP contribution in [0, 0.1) is 11.8 Å². The van der Waals surface area contributed by atoms with E-state index < -0.39 is 29.6 Å². The molecule has 2 bridgehead atoms. The average molecular weight is 569 g/mol. The van der Waals surface area contributed by atoms with Crippen LogP contribution in [0.5, 0.6) is 0 Å². The molecule has 6 rings (SSSR count). The summed E-state index contributed by atoms with van der Waals surface area (Å²) in [5.74, 6) is -2.02. The van der Waals surface area contributed by atoms with E-state index in [1.165, 1.54) is 19.3 Å². The molecule has 6 atom stereocenters. The second-order valence-electron chi connectivity index (χ2n) is 12.2. The number of piperidine rings is 1. The third kappa shape index (κ3) is 4.96. The summed E-state index contributed by atoms with van der Waals surface area (Å²) < 4.78 is 6.50. The van der Waals surface area contributed by atoms with E-state index in [1.807, 2.05) is 12.2 Å². The molecule has 2 N–H and O–H groups in total. The normalized spacial score (nSPS) is 33.8. The van der Waals surface area contributed by atoms with Crippen LogP contribution in [0.25, 0.3) is 0 Å². The molecule has 216 valence electrons. The summed E-state index contributed by atoms with van der Waals surface area (Å²) in [4.78, 5) is 46.1. The third-order valence-corrected chi connectivity index (χ3v) is 10.1. The lowest BCUT2D eigenvalue weighted by Gasteiger charge is -2.38. The summed E-state index contributed by atoms with van der Waals surface area (Å²) in [7, 11) is 0. The lowest BCUT2D eigenvalue weighted by atomic mass is 9.74. The molecule has 1 saturated carbocycles. The number of hydrogen-bond donors (Lipinski definition) is 2. The highest BCUT2D eigenvalue weighted by atomic mass is 35.5. The quantitative estimate of drug-likeness (QED) is 0.460. The Morgan fingerprint density at radius 3 is 2.52 bits per heavy atom. The molecule has 0 unspecified atom stereocenters. The highest BCUT2D eigenvalue weighted by molar-refractivity contribution is 6.30. The molecule has 4 heterocycles. The van der Waals surface area contributed by atoms with Crippen LogP contribution in [0.1, 0.15) is 64.7 Å². The molecule has 1 aliphatic carbocycles. The summed E-state index contributed by atoms with van der Waals surface area (Å²) in [6.07, 6.45) is 13.2. The summed E-state index contributed by atoms with van der Waals surface area (Å²) in [5.41, 5.74) is -0.519. The molecule has 3 amide bonds. The molecule has 3 saturated heterocycles. The fourth-order valence-electron chi connectivity index (χ4n) is 7.85. The number of amides is 3. The van der Waals surface area contributed by atoms with Gasteiger partial charge in [-0.05, 0) is 62.9 Å². The van der Waals surface area contributed by atoms with Crippen molar-refractivity contribution in [3.63, 3.8) is 0 Å². The maximum atomic E-state index is 14.2. The highest BCUT2D eigenvalue weighted by Gasteiger charge is 2.72. The first-order valence-corrected chi connectivity index (χ1v) is 15.6. The lowest BCUT2D eigenvalue weighted by molar-refractivity contribution is -0.141. The number of nitrogens with one attached hydrogen (secondary N) is 2. The van der Waals surface area contributed by atoms with Gasteiger partial charge >= 0.3 is 0 Å². The number of ether oxygens (including phenoxy) is 1. The van der Waals surface area contributed by atoms with Gasteiger partial charge in [0, 0.05) is 35.9 Å². The van der Waals surface area contributed by atoms with Crippen molar-refractivity contribution in [3.05, 3.63) is 41.4 Å². The van der Waals surface area contributed by atoms with Crippen LogP contribution in [0.4, 0.5) is 5.69 Å². The molecule has 1 aromatic carbocycles. The number of halogens is 1. The van der Waals surface area contributed by atoms with Crippen molar-refractivity contribution in [2.75, 3.05) is 25.0 Å². The molecule has 1 aromatic rings. The Balaban J connectivity index is 1.26. The largest absolute Gasteiger partial charge is 0.359 e. The summed E-state index contributed by atoms with van der Waals surface area (Å²) in [6, 6.07) is 6.75. The van der Waals surface area contributed by atoms with Gasteiger partial charge in [-0.1, -0.05) is 56.4 Å². The predicted molar refractivity (Wildman–Crippen MR) is 154 cm³/mol. The molecular formula is C31H41ClN4O4. The van der Waals surface area contributed by atoms with Gasteiger partial charge in [0.1, 0.15) is 11.6 Å². The minimum atomic E-state index is -1.13. The van der Waals surface area contributed by atoms with Crippen LogP contribution in [0.3, 0.4) is 0 Å². The van der Waals surface area contributed by atoms with Crippen LogP contribution >= 0.6 is 11.6 Å². The van der Waals surface area contributed by atoms with Gasteiger partial charge < -0.3 is 20.3 Å². The molecule has 1 spiro atoms. The molecule has 5 aliphatic rings. The Hall–Kier alpha value is -2.42. The first-order valence-electron chi connectivity index (χ1n) is 15.2. The van der Waals surface area contributed by atoms with Gasteiger partial charge in [-0.25, -0.2) is 0 Å². The van der Waals surface area contributed by atoms with Crippen LogP contribution in [-0.4, -0.2) is 77.0 Å². The van der Waals surface area contributed by atoms with Gasteiger partial charge in [-0.2, -0.15) is 0 Å². The number of nitrogens with zero attached hydrogens (tertiary/aromatic N) is 2. The topological polar surface area (TPSA) is 91.0 Å². The van der Waals surface area contributed by atoms with E-state index in [0.717, 1.165) is 51.6 Å². The Bertz CT molecular complexity index is 1150. The van der Waals surface area contributed by atoms with E-state index in [4.69, 9.17) is 16.3 Å². The second kappa shape index (κ2) is 11.5. The summed E-state index contributed by atoms with van der Waals surface area (Å²) in [6.45, 7) is 4.40. The predicted octanol–water partition coefficient (Wildman–Crippen LogP) is 4.14. The standard InChI is InChI=1S/C31H41ClN4O4/c1-2-23-10-6-7-17-35(23)18-19-36-27(29(38)34-21-8-4-3-5-9-21)31-16-15-24(40-31)25(26(31)30(36)39)28(37)33-22-13-11-20(32)12-14-22/h11-16,21,23-27H,2-10,17-19H2,1H3,(H,33,37)(H,34,38)/t23-,24+,25-,26+,27+,31+/m1/s1. The van der Waals surface area contributed by atoms with Gasteiger partial charge in [-0.15, -0.1) is 0 Å². The van der Waals surface area contributed by atoms with Crippen LogP contribution in [0.15, 0.2) is 36.4 Å². The molecule has 4 aliphatic heterocycles. The Morgan fingerprint density at radius 2 is 1.77 bits per heavy atom. The maximum absolute atomic E-state index is 14.2. The van der Waals surface area contributed by atoms with Crippen molar-refractivity contribution in [1.82, 2.24) is 15.1 Å². The van der Waals surface area contributed by atoms with Crippen molar-refractivity contribution >= 4 is 35.0 Å². The fourth-order valence-corrected chi connectivity index (χ4v) is 7.97. The minimum absolute atomic E-state index is 0.117. The van der Waals surface area contributed by atoms with Gasteiger partial charge in [0.2, 0.25) is 17.7 Å². The van der Waals surface area contributed by atoms with Crippen molar-refractivity contribution < 1.29 is 19.1 Å².